The molecule has 3 fully saturated rings. The predicted octanol–water partition coefficient (Wildman–Crippen LogP) is 4.78. The Labute approximate surface area is 332 Å². The quantitative estimate of drug-likeness (QED) is 0.265. The number of pyridine rings is 1. The van der Waals surface area contributed by atoms with E-state index in [0.717, 1.165) is 44.1 Å². The number of imidazole rings is 1. The van der Waals surface area contributed by atoms with Gasteiger partial charge < -0.3 is 29.3 Å². The van der Waals surface area contributed by atoms with E-state index in [-0.39, 0.29) is 24.2 Å². The van der Waals surface area contributed by atoms with E-state index in [1.54, 1.807) is 25.3 Å². The van der Waals surface area contributed by atoms with E-state index in [1.165, 1.54) is 28.9 Å². The Bertz CT molecular complexity index is 2580. The maximum absolute atomic E-state index is 15.4. The number of rotatable bonds is 4. The molecule has 1 N–H and O–H groups in total. The first kappa shape index (κ1) is 36.5. The molecule has 10 rings (SSSR count). The second kappa shape index (κ2) is 14.2. The molecule has 14 nitrogen and oxygen atoms in total. The molecule has 17 heteroatoms. The highest BCUT2D eigenvalue weighted by Crippen LogP contribution is 2.37. The summed E-state index contributed by atoms with van der Waals surface area (Å²) in [4.78, 5) is 43.1. The van der Waals surface area contributed by atoms with Crippen molar-refractivity contribution in [2.45, 2.75) is 57.0 Å². The van der Waals surface area contributed by atoms with Crippen LogP contribution in [0.4, 0.5) is 30.8 Å². The first-order valence-corrected chi connectivity index (χ1v) is 19.8. The Kier molecular flexibility index (Phi) is 8.96. The molecule has 4 atom stereocenters. The van der Waals surface area contributed by atoms with Gasteiger partial charge in [-0.15, -0.1) is 0 Å². The topological polar surface area (TPSA) is 126 Å². The summed E-state index contributed by atoms with van der Waals surface area (Å²) in [5.74, 6) is 0.164. The lowest BCUT2D eigenvalue weighted by Crippen LogP contribution is -2.51. The summed E-state index contributed by atoms with van der Waals surface area (Å²) in [5, 5.41) is 8.68. The van der Waals surface area contributed by atoms with Crippen LogP contribution in [0.15, 0.2) is 54.7 Å². The van der Waals surface area contributed by atoms with Gasteiger partial charge >= 0.3 is 0 Å². The molecule has 300 valence electrons. The monoisotopic (exact) mass is 792 g/mol. The minimum absolute atomic E-state index is 0.0470. The van der Waals surface area contributed by atoms with Gasteiger partial charge in [0, 0.05) is 76.7 Å². The molecule has 0 saturated carbocycles. The highest BCUT2D eigenvalue weighted by Gasteiger charge is 2.42. The average Bonchev–Trinajstić information content (AvgIpc) is 4.02. The SMILES string of the molecule is CO[C@H]1CN(C)C(=O)[C@@H]2C[C@@H](CN2c2nc(N3CCN4CCCC4C3)nc3c2cnn3-c2ccc(F)cc2F)Nc2cccc(n2)-c2cc(F)cc3nc(C)n(c23)C1. The number of hydrogen-bond acceptors (Lipinski definition) is 11. The van der Waals surface area contributed by atoms with Crippen LogP contribution in [-0.4, -0.2) is 128 Å². The maximum atomic E-state index is 15.4. The van der Waals surface area contributed by atoms with Crippen molar-refractivity contribution in [1.82, 2.24) is 44.1 Å². The van der Waals surface area contributed by atoms with Crippen molar-refractivity contribution < 1.29 is 22.7 Å². The second-order valence-electron chi connectivity index (χ2n) is 15.8. The van der Waals surface area contributed by atoms with Crippen LogP contribution in [0, 0.1) is 24.4 Å². The van der Waals surface area contributed by atoms with Gasteiger partial charge in [-0.2, -0.15) is 15.1 Å². The minimum Gasteiger partial charge on any atom is -0.378 e. The molecular formula is C41H43F3N12O2. The molecule has 4 aliphatic heterocycles. The zero-order valence-electron chi connectivity index (χ0n) is 32.4. The standard InChI is InChI=1S/C41H43F3N12O2/c1-23-46-33-16-25(43)14-29-32-7-4-8-36(48-32)47-26-17-35(40(57)51(2)21-28(58-3)22-54(23)37(29)33)55(19-26)38-30-18-45-56(34-10-9-24(42)15-31(34)44)39(30)50-41(49-38)53-13-12-52-11-5-6-27(52)20-53/h4,7-10,14-16,18,26-28,35H,5-6,11-13,17,19-22H2,1-3H3,(H,47,48)/t26-,27?,28-,35-/m0/s1. The van der Waals surface area contributed by atoms with Crippen LogP contribution in [-0.2, 0) is 16.1 Å². The van der Waals surface area contributed by atoms with E-state index in [1.807, 2.05) is 34.6 Å². The van der Waals surface area contributed by atoms with Crippen LogP contribution < -0.4 is 15.1 Å². The third-order valence-electron chi connectivity index (χ3n) is 12.2. The summed E-state index contributed by atoms with van der Waals surface area (Å²) < 4.78 is 54.0. The third-order valence-corrected chi connectivity index (χ3v) is 12.2. The summed E-state index contributed by atoms with van der Waals surface area (Å²) in [7, 11) is 3.39. The molecule has 6 aromatic rings. The molecule has 1 unspecified atom stereocenters. The molecule has 0 spiro atoms. The number of halogens is 3. The average molecular weight is 793 g/mol. The normalized spacial score (nSPS) is 22.7. The molecule has 0 aliphatic carbocycles. The minimum atomic E-state index is -0.779. The number of hydrogen-bond donors (Lipinski definition) is 1. The summed E-state index contributed by atoms with van der Waals surface area (Å²) in [6, 6.07) is 11.3. The number of ether oxygens (including phenoxy) is 1. The molecule has 58 heavy (non-hydrogen) atoms. The van der Waals surface area contributed by atoms with Gasteiger partial charge in [-0.05, 0) is 63.1 Å². The van der Waals surface area contributed by atoms with Crippen LogP contribution in [0.25, 0.3) is 39.0 Å². The number of methoxy groups -OCH3 is 1. The first-order chi connectivity index (χ1) is 28.1. The van der Waals surface area contributed by atoms with Crippen LogP contribution >= 0.6 is 0 Å². The van der Waals surface area contributed by atoms with Gasteiger partial charge in [0.2, 0.25) is 11.9 Å². The van der Waals surface area contributed by atoms with Gasteiger partial charge in [-0.1, -0.05) is 6.07 Å². The maximum Gasteiger partial charge on any atom is 0.245 e. The number of aromatic nitrogens is 7. The molecule has 1 amide bonds. The van der Waals surface area contributed by atoms with Gasteiger partial charge in [0.15, 0.2) is 11.5 Å². The van der Waals surface area contributed by atoms with E-state index >= 15 is 8.78 Å². The fourth-order valence-corrected chi connectivity index (χ4v) is 9.36. The summed E-state index contributed by atoms with van der Waals surface area (Å²) in [6.45, 7) is 6.21. The Hall–Kier alpha value is -5.81. The van der Waals surface area contributed by atoms with Crippen molar-refractivity contribution in [3.63, 3.8) is 0 Å². The first-order valence-electron chi connectivity index (χ1n) is 19.8. The molecule has 3 saturated heterocycles. The van der Waals surface area contributed by atoms with Crippen molar-refractivity contribution in [3.05, 3.63) is 78.0 Å². The van der Waals surface area contributed by atoms with E-state index in [9.17, 15) is 9.18 Å². The Balaban J connectivity index is 1.10. The van der Waals surface area contributed by atoms with E-state index in [2.05, 4.69) is 20.2 Å². The van der Waals surface area contributed by atoms with Crippen LogP contribution in [0.1, 0.15) is 25.1 Å². The lowest BCUT2D eigenvalue weighted by Gasteiger charge is -2.38. The van der Waals surface area contributed by atoms with E-state index in [4.69, 9.17) is 24.7 Å². The zero-order chi connectivity index (χ0) is 39.8. The van der Waals surface area contributed by atoms with E-state index < -0.39 is 29.6 Å². The van der Waals surface area contributed by atoms with Gasteiger partial charge in [0.1, 0.15) is 40.8 Å². The number of carbonyl (C=O) groups is 1. The summed E-state index contributed by atoms with van der Waals surface area (Å²) >= 11 is 0. The van der Waals surface area contributed by atoms with Crippen molar-refractivity contribution in [1.29, 1.82) is 0 Å². The molecule has 0 radical (unpaired) electrons. The zero-order valence-corrected chi connectivity index (χ0v) is 32.4. The number of likely N-dealkylation sites (N-methyl/N-ethyl adjacent to an activating group) is 1. The summed E-state index contributed by atoms with van der Waals surface area (Å²) in [6.07, 6.45) is 3.77. The molecule has 2 aromatic carbocycles. The predicted molar refractivity (Wildman–Crippen MR) is 213 cm³/mol. The Morgan fingerprint density at radius 3 is 2.64 bits per heavy atom. The third kappa shape index (κ3) is 6.27. The highest BCUT2D eigenvalue weighted by molar-refractivity contribution is 5.94. The summed E-state index contributed by atoms with van der Waals surface area (Å²) in [5.41, 5.74) is 2.82. The molecule has 4 bridgehead atoms. The molecular weight excluding hydrogens is 750 g/mol. The number of carbonyl (C=O) groups excluding carboxylic acids is 1. The molecule has 4 aromatic heterocycles. The van der Waals surface area contributed by atoms with Crippen molar-refractivity contribution in [2.75, 3.05) is 68.5 Å². The van der Waals surface area contributed by atoms with Crippen molar-refractivity contribution >= 4 is 45.6 Å². The van der Waals surface area contributed by atoms with Crippen LogP contribution in [0.2, 0.25) is 0 Å². The highest BCUT2D eigenvalue weighted by atomic mass is 19.1. The second-order valence-corrected chi connectivity index (χ2v) is 15.8. The smallest absolute Gasteiger partial charge is 0.245 e. The number of fused-ring (bicyclic) bond motifs is 7. The number of amides is 1. The van der Waals surface area contributed by atoms with Gasteiger partial charge in [0.05, 0.1) is 41.0 Å². The molecule has 8 heterocycles. The Morgan fingerprint density at radius 2 is 1.79 bits per heavy atom. The van der Waals surface area contributed by atoms with Gasteiger partial charge in [-0.3, -0.25) is 9.69 Å². The lowest BCUT2D eigenvalue weighted by molar-refractivity contribution is -0.132. The number of anilines is 3. The molecule has 4 aliphatic rings. The number of nitrogens with one attached hydrogen (secondary N) is 1. The van der Waals surface area contributed by atoms with Gasteiger partial charge in [-0.25, -0.2) is 27.8 Å². The van der Waals surface area contributed by atoms with E-state index in [0.29, 0.717) is 83.3 Å². The van der Waals surface area contributed by atoms with Crippen molar-refractivity contribution in [3.8, 4) is 16.9 Å². The largest absolute Gasteiger partial charge is 0.378 e. The van der Waals surface area contributed by atoms with Crippen molar-refractivity contribution in [2.24, 2.45) is 0 Å². The number of piperazine rings is 1. The fraction of sp³-hybridized carbons (Fsp3) is 0.415. The lowest BCUT2D eigenvalue weighted by atomic mass is 10.1. The number of benzene rings is 2. The van der Waals surface area contributed by atoms with Crippen LogP contribution in [0.5, 0.6) is 0 Å². The number of aryl methyl sites for hydroxylation is 1. The Morgan fingerprint density at radius 1 is 0.914 bits per heavy atom. The fourth-order valence-electron chi connectivity index (χ4n) is 9.36. The number of nitrogens with zero attached hydrogens (tertiary/aromatic N) is 11. The van der Waals surface area contributed by atoms with Gasteiger partial charge in [0.25, 0.3) is 0 Å². The van der Waals surface area contributed by atoms with Crippen LogP contribution in [0.3, 0.4) is 0 Å².